The summed E-state index contributed by atoms with van der Waals surface area (Å²) < 4.78 is 13.3. The van der Waals surface area contributed by atoms with Gasteiger partial charge in [0.2, 0.25) is 0 Å². The predicted octanol–water partition coefficient (Wildman–Crippen LogP) is 3.65. The van der Waals surface area contributed by atoms with Gasteiger partial charge in [-0.05, 0) is 26.0 Å². The van der Waals surface area contributed by atoms with Gasteiger partial charge in [0.05, 0.1) is 5.69 Å². The van der Waals surface area contributed by atoms with Crippen molar-refractivity contribution in [3.8, 4) is 0 Å². The number of aldehydes is 1. The summed E-state index contributed by atoms with van der Waals surface area (Å²) in [5.74, 6) is -0.531. The van der Waals surface area contributed by atoms with Crippen molar-refractivity contribution in [2.75, 3.05) is 11.9 Å². The predicted molar refractivity (Wildman–Crippen MR) is 64.6 cm³/mol. The van der Waals surface area contributed by atoms with Crippen LogP contribution in [0.3, 0.4) is 0 Å². The van der Waals surface area contributed by atoms with Gasteiger partial charge >= 0.3 is 0 Å². The van der Waals surface area contributed by atoms with Gasteiger partial charge in [0.25, 0.3) is 0 Å². The smallest absolute Gasteiger partial charge is 0.152 e. The zero-order valence-corrected chi connectivity index (χ0v) is 10.2. The fourth-order valence-corrected chi connectivity index (χ4v) is 1.77. The Hall–Kier alpha value is -1.35. The van der Waals surface area contributed by atoms with Gasteiger partial charge in [0.15, 0.2) is 6.29 Å². The molecule has 16 heavy (non-hydrogen) atoms. The van der Waals surface area contributed by atoms with Crippen LogP contribution in [0.4, 0.5) is 10.1 Å². The summed E-state index contributed by atoms with van der Waals surface area (Å²) in [6.45, 7) is 3.81. The highest BCUT2D eigenvalue weighted by Gasteiger charge is 2.14. The van der Waals surface area contributed by atoms with Crippen LogP contribution in [-0.2, 0) is 0 Å². The van der Waals surface area contributed by atoms with Crippen LogP contribution < -0.4 is 4.90 Å². The second-order valence-corrected chi connectivity index (χ2v) is 4.11. The van der Waals surface area contributed by atoms with E-state index in [-0.39, 0.29) is 5.02 Å². The van der Waals surface area contributed by atoms with Crippen molar-refractivity contribution in [1.29, 1.82) is 0 Å². The third-order valence-electron chi connectivity index (χ3n) is 2.03. The van der Waals surface area contributed by atoms with E-state index in [1.807, 2.05) is 13.8 Å². The van der Waals surface area contributed by atoms with Crippen LogP contribution in [0.15, 0.2) is 23.9 Å². The molecule has 0 aromatic heterocycles. The Labute approximate surface area is 99.3 Å². The average Bonchev–Trinajstić information content (AvgIpc) is 2.20. The van der Waals surface area contributed by atoms with E-state index in [1.54, 1.807) is 18.1 Å². The molecule has 0 aliphatic rings. The summed E-state index contributed by atoms with van der Waals surface area (Å²) >= 11 is 5.85. The Balaban J connectivity index is 3.35. The third kappa shape index (κ3) is 2.61. The first-order chi connectivity index (χ1) is 7.47. The fraction of sp³-hybridized carbons (Fsp3) is 0.250. The van der Waals surface area contributed by atoms with Crippen molar-refractivity contribution >= 4 is 23.6 Å². The van der Waals surface area contributed by atoms with E-state index in [9.17, 15) is 9.18 Å². The lowest BCUT2D eigenvalue weighted by atomic mass is 10.1. The zero-order valence-electron chi connectivity index (χ0n) is 9.42. The number of anilines is 1. The maximum absolute atomic E-state index is 13.3. The molecule has 0 fully saturated rings. The number of carbonyl (C=O) groups is 1. The van der Waals surface area contributed by atoms with Crippen LogP contribution in [0.5, 0.6) is 0 Å². The van der Waals surface area contributed by atoms with Crippen LogP contribution in [0, 0.1) is 5.82 Å². The second-order valence-electron chi connectivity index (χ2n) is 3.73. The summed E-state index contributed by atoms with van der Waals surface area (Å²) in [5, 5.41) is -0.0374. The molecule has 0 N–H and O–H groups in total. The van der Waals surface area contributed by atoms with E-state index in [2.05, 4.69) is 0 Å². The minimum Gasteiger partial charge on any atom is -0.349 e. The highest BCUT2D eigenvalue weighted by Crippen LogP contribution is 2.31. The Morgan fingerprint density at radius 1 is 1.44 bits per heavy atom. The molecular formula is C12H13ClFNO. The molecule has 0 saturated heterocycles. The molecule has 2 nitrogen and oxygen atoms in total. The van der Waals surface area contributed by atoms with E-state index in [0.29, 0.717) is 17.5 Å². The van der Waals surface area contributed by atoms with Crippen LogP contribution >= 0.6 is 11.6 Å². The molecule has 0 radical (unpaired) electrons. The van der Waals surface area contributed by atoms with E-state index < -0.39 is 5.82 Å². The molecule has 1 aromatic carbocycles. The fourth-order valence-electron chi connectivity index (χ4n) is 1.46. The number of hydrogen-bond acceptors (Lipinski definition) is 2. The van der Waals surface area contributed by atoms with Gasteiger partial charge in [-0.1, -0.05) is 17.2 Å². The first kappa shape index (κ1) is 12.7. The molecule has 0 atom stereocenters. The van der Waals surface area contributed by atoms with Crippen LogP contribution in [0.1, 0.15) is 24.2 Å². The van der Waals surface area contributed by atoms with Crippen molar-refractivity contribution in [2.24, 2.45) is 0 Å². The monoisotopic (exact) mass is 241 g/mol. The van der Waals surface area contributed by atoms with E-state index in [4.69, 9.17) is 11.6 Å². The molecule has 0 bridgehead atoms. The maximum atomic E-state index is 13.3. The Kier molecular flexibility index (Phi) is 4.07. The number of benzene rings is 1. The summed E-state index contributed by atoms with van der Waals surface area (Å²) in [4.78, 5) is 12.5. The van der Waals surface area contributed by atoms with E-state index >= 15 is 0 Å². The van der Waals surface area contributed by atoms with Crippen molar-refractivity contribution in [3.05, 3.63) is 40.3 Å². The Bertz CT molecular complexity index is 439. The Morgan fingerprint density at radius 3 is 2.56 bits per heavy atom. The van der Waals surface area contributed by atoms with Gasteiger partial charge in [-0.2, -0.15) is 0 Å². The Morgan fingerprint density at radius 2 is 2.06 bits per heavy atom. The number of hydrogen-bond donors (Lipinski definition) is 0. The number of halogens is 2. The average molecular weight is 242 g/mol. The molecule has 0 heterocycles. The van der Waals surface area contributed by atoms with Crippen LogP contribution in [-0.4, -0.2) is 13.3 Å². The first-order valence-corrected chi connectivity index (χ1v) is 5.16. The molecule has 0 aliphatic heterocycles. The maximum Gasteiger partial charge on any atom is 0.152 e. The molecule has 1 aromatic rings. The van der Waals surface area contributed by atoms with Crippen LogP contribution in [0.2, 0.25) is 5.02 Å². The molecular weight excluding hydrogens is 229 g/mol. The molecule has 86 valence electrons. The second kappa shape index (κ2) is 5.12. The van der Waals surface area contributed by atoms with Gasteiger partial charge in [-0.25, -0.2) is 4.39 Å². The van der Waals surface area contributed by atoms with Gasteiger partial charge in [-0.3, -0.25) is 4.79 Å². The summed E-state index contributed by atoms with van der Waals surface area (Å²) in [6.07, 6.45) is 2.45. The van der Waals surface area contributed by atoms with E-state index in [0.717, 1.165) is 5.57 Å². The summed E-state index contributed by atoms with van der Waals surface area (Å²) in [6, 6.07) is 2.60. The van der Waals surface area contributed by atoms with Crippen molar-refractivity contribution < 1.29 is 9.18 Å². The van der Waals surface area contributed by atoms with E-state index in [1.165, 1.54) is 12.1 Å². The number of rotatable bonds is 3. The largest absolute Gasteiger partial charge is 0.349 e. The molecule has 0 unspecified atom stereocenters. The first-order valence-electron chi connectivity index (χ1n) is 4.78. The quantitative estimate of drug-likeness (QED) is 0.753. The minimum atomic E-state index is -0.531. The number of carbonyl (C=O) groups excluding carboxylic acids is 1. The summed E-state index contributed by atoms with van der Waals surface area (Å²) in [7, 11) is 1.72. The highest BCUT2D eigenvalue weighted by atomic mass is 35.5. The molecule has 0 saturated carbocycles. The SMILES string of the molecule is CC(C)=CN(C)c1c(C=O)ccc(F)c1Cl. The molecule has 0 amide bonds. The van der Waals surface area contributed by atoms with Crippen molar-refractivity contribution in [2.45, 2.75) is 13.8 Å². The molecule has 1 rings (SSSR count). The topological polar surface area (TPSA) is 20.3 Å². The van der Waals surface area contributed by atoms with Gasteiger partial charge in [0.1, 0.15) is 10.8 Å². The number of nitrogens with zero attached hydrogens (tertiary/aromatic N) is 1. The lowest BCUT2D eigenvalue weighted by Crippen LogP contribution is -2.12. The zero-order chi connectivity index (χ0) is 12.3. The lowest BCUT2D eigenvalue weighted by molar-refractivity contribution is 0.112. The normalized spacial score (nSPS) is 9.81. The van der Waals surface area contributed by atoms with Crippen LogP contribution in [0.25, 0.3) is 0 Å². The van der Waals surface area contributed by atoms with Gasteiger partial charge in [0, 0.05) is 18.8 Å². The molecule has 4 heteroatoms. The highest BCUT2D eigenvalue weighted by molar-refractivity contribution is 6.34. The molecule has 0 spiro atoms. The lowest BCUT2D eigenvalue weighted by Gasteiger charge is -2.19. The number of allylic oxidation sites excluding steroid dienone is 1. The van der Waals surface area contributed by atoms with Gasteiger partial charge < -0.3 is 4.90 Å². The van der Waals surface area contributed by atoms with Gasteiger partial charge in [-0.15, -0.1) is 0 Å². The molecule has 0 aliphatic carbocycles. The van der Waals surface area contributed by atoms with Crippen molar-refractivity contribution in [3.63, 3.8) is 0 Å². The van der Waals surface area contributed by atoms with Crippen molar-refractivity contribution in [1.82, 2.24) is 0 Å². The summed E-state index contributed by atoms with van der Waals surface area (Å²) in [5.41, 5.74) is 1.78. The standard InChI is InChI=1S/C12H13ClFNO/c1-8(2)6-15(3)12-9(7-16)4-5-10(14)11(12)13/h4-7H,1-3H3. The minimum absolute atomic E-state index is 0.0374. The third-order valence-corrected chi connectivity index (χ3v) is 2.39.